The Morgan fingerprint density at radius 3 is 2.48 bits per heavy atom. The molecule has 1 unspecified atom stereocenters. The third kappa shape index (κ3) is 4.47. The van der Waals surface area contributed by atoms with Crippen LogP contribution in [0.1, 0.15) is 16.1 Å². The second-order valence-corrected chi connectivity index (χ2v) is 9.19. The van der Waals surface area contributed by atoms with E-state index in [0.717, 1.165) is 6.42 Å². The van der Waals surface area contributed by atoms with Crippen molar-refractivity contribution in [1.82, 2.24) is 9.80 Å². The zero-order chi connectivity index (χ0) is 23.7. The van der Waals surface area contributed by atoms with E-state index in [4.69, 9.17) is 11.3 Å². The molecule has 8 heteroatoms. The van der Waals surface area contributed by atoms with Crippen molar-refractivity contribution < 1.29 is 18.3 Å². The maximum Gasteiger partial charge on any atom is 0.264 e. The van der Waals surface area contributed by atoms with Crippen LogP contribution in [0.25, 0.3) is 26.4 Å². The van der Waals surface area contributed by atoms with Crippen LogP contribution >= 0.6 is 11.3 Å². The zero-order valence-electron chi connectivity index (χ0n) is 18.6. The molecule has 1 aliphatic rings. The Morgan fingerprint density at radius 2 is 1.88 bits per heavy atom. The SMILES string of the molecule is [C-]#[N+]c1ccc(-c2cc(C(=O)N3CCC(N(C)C)C3)sc2-c2ccc(OC)c(F)c2)cc1F. The van der Waals surface area contributed by atoms with Crippen molar-refractivity contribution in [1.29, 1.82) is 0 Å². The molecule has 0 spiro atoms. The van der Waals surface area contributed by atoms with Crippen molar-refractivity contribution in [2.45, 2.75) is 12.5 Å². The topological polar surface area (TPSA) is 37.1 Å². The highest BCUT2D eigenvalue weighted by Gasteiger charge is 2.30. The fourth-order valence-corrected chi connectivity index (χ4v) is 5.15. The van der Waals surface area contributed by atoms with Gasteiger partial charge in [0.1, 0.15) is 5.82 Å². The first-order valence-corrected chi connectivity index (χ1v) is 11.2. The van der Waals surface area contributed by atoms with Crippen LogP contribution in [-0.2, 0) is 0 Å². The highest BCUT2D eigenvalue weighted by molar-refractivity contribution is 7.18. The number of methoxy groups -OCH3 is 1. The standard InChI is InChI=1S/C25H23F2N3O2S/c1-28-21-7-5-15(11-19(21)26)18-13-23(25(31)30-10-9-17(14-30)29(2)3)33-24(18)16-6-8-22(32-4)20(27)12-16/h5-8,11-13,17H,9-10,14H2,2-4H3. The van der Waals surface area contributed by atoms with Crippen molar-refractivity contribution in [3.8, 4) is 27.3 Å². The highest BCUT2D eigenvalue weighted by Crippen LogP contribution is 2.42. The zero-order valence-corrected chi connectivity index (χ0v) is 19.4. The van der Waals surface area contributed by atoms with E-state index in [-0.39, 0.29) is 17.3 Å². The predicted molar refractivity (Wildman–Crippen MR) is 126 cm³/mol. The van der Waals surface area contributed by atoms with Crippen molar-refractivity contribution in [3.05, 3.63) is 70.4 Å². The van der Waals surface area contributed by atoms with E-state index in [0.29, 0.717) is 45.6 Å². The smallest absolute Gasteiger partial charge is 0.264 e. The van der Waals surface area contributed by atoms with Gasteiger partial charge in [0.05, 0.1) is 18.6 Å². The largest absolute Gasteiger partial charge is 0.494 e. The summed E-state index contributed by atoms with van der Waals surface area (Å²) in [5, 5.41) is 0. The summed E-state index contributed by atoms with van der Waals surface area (Å²) in [4.78, 5) is 21.5. The van der Waals surface area contributed by atoms with E-state index in [9.17, 15) is 13.6 Å². The Balaban J connectivity index is 1.78. The second-order valence-electron chi connectivity index (χ2n) is 8.14. The molecule has 1 aliphatic heterocycles. The first kappa shape index (κ1) is 22.9. The summed E-state index contributed by atoms with van der Waals surface area (Å²) in [6.45, 7) is 8.38. The Labute approximate surface area is 195 Å². The normalized spacial score (nSPS) is 15.7. The average Bonchev–Trinajstić information content (AvgIpc) is 3.47. The quantitative estimate of drug-likeness (QED) is 0.452. The second kappa shape index (κ2) is 9.30. The lowest BCUT2D eigenvalue weighted by molar-refractivity contribution is 0.0788. The van der Waals surface area contributed by atoms with Gasteiger partial charge in [-0.15, -0.1) is 11.3 Å². The Bertz CT molecular complexity index is 1250. The third-order valence-electron chi connectivity index (χ3n) is 5.92. The number of hydrogen-bond acceptors (Lipinski definition) is 4. The molecule has 1 atom stereocenters. The molecule has 0 bridgehead atoms. The van der Waals surface area contributed by atoms with Gasteiger partial charge in [0.2, 0.25) is 5.69 Å². The molecule has 2 aromatic carbocycles. The summed E-state index contributed by atoms with van der Waals surface area (Å²) in [6, 6.07) is 11.0. The lowest BCUT2D eigenvalue weighted by Gasteiger charge is -2.20. The van der Waals surface area contributed by atoms with E-state index in [1.54, 1.807) is 18.2 Å². The Hall–Kier alpha value is -3.28. The van der Waals surface area contributed by atoms with Gasteiger partial charge in [-0.2, -0.15) is 0 Å². The van der Waals surface area contributed by atoms with Gasteiger partial charge in [-0.05, 0) is 62.0 Å². The summed E-state index contributed by atoms with van der Waals surface area (Å²) in [7, 11) is 5.39. The van der Waals surface area contributed by atoms with E-state index in [1.165, 1.54) is 42.7 Å². The maximum absolute atomic E-state index is 14.5. The molecule has 3 aromatic rings. The number of hydrogen-bond donors (Lipinski definition) is 0. The number of amides is 1. The number of likely N-dealkylation sites (tertiary alicyclic amines) is 1. The number of thiophene rings is 1. The first-order chi connectivity index (χ1) is 15.8. The highest BCUT2D eigenvalue weighted by atomic mass is 32.1. The number of carbonyl (C=O) groups is 1. The van der Waals surface area contributed by atoms with E-state index in [1.807, 2.05) is 19.0 Å². The fraction of sp³-hybridized carbons (Fsp3) is 0.280. The molecule has 0 radical (unpaired) electrons. The van der Waals surface area contributed by atoms with Crippen LogP contribution < -0.4 is 4.74 Å². The molecule has 0 aliphatic carbocycles. The molecule has 1 saturated heterocycles. The van der Waals surface area contributed by atoms with Crippen molar-refractivity contribution in [2.24, 2.45) is 0 Å². The molecular formula is C25H23F2N3O2S. The van der Waals surface area contributed by atoms with Gasteiger partial charge in [0.15, 0.2) is 11.6 Å². The molecule has 33 heavy (non-hydrogen) atoms. The molecule has 0 saturated carbocycles. The van der Waals surface area contributed by atoms with E-state index in [2.05, 4.69) is 9.74 Å². The molecule has 1 amide bonds. The average molecular weight is 468 g/mol. The third-order valence-corrected chi connectivity index (χ3v) is 7.09. The van der Waals surface area contributed by atoms with Gasteiger partial charge >= 0.3 is 0 Å². The molecule has 0 N–H and O–H groups in total. The van der Waals surface area contributed by atoms with E-state index >= 15 is 0 Å². The molecule has 1 fully saturated rings. The lowest BCUT2D eigenvalue weighted by Crippen LogP contribution is -2.34. The number of carbonyl (C=O) groups excluding carboxylic acids is 1. The van der Waals surface area contributed by atoms with Crippen LogP contribution in [0.4, 0.5) is 14.5 Å². The van der Waals surface area contributed by atoms with Gasteiger partial charge in [0.25, 0.3) is 5.91 Å². The van der Waals surface area contributed by atoms with Crippen LogP contribution in [-0.4, -0.2) is 56.0 Å². The molecule has 170 valence electrons. The van der Waals surface area contributed by atoms with Crippen LogP contribution in [0.2, 0.25) is 0 Å². The monoisotopic (exact) mass is 467 g/mol. The minimum absolute atomic E-state index is 0.0749. The Kier molecular flexibility index (Phi) is 6.45. The number of nitrogens with zero attached hydrogens (tertiary/aromatic N) is 3. The van der Waals surface area contributed by atoms with E-state index < -0.39 is 11.6 Å². The van der Waals surface area contributed by atoms with Gasteiger partial charge in [0, 0.05) is 29.6 Å². The molecule has 4 rings (SSSR count). The summed E-state index contributed by atoms with van der Waals surface area (Å²) >= 11 is 1.25. The minimum Gasteiger partial charge on any atom is -0.494 e. The lowest BCUT2D eigenvalue weighted by atomic mass is 10.0. The summed E-state index contributed by atoms with van der Waals surface area (Å²) in [5.41, 5.74) is 1.63. The summed E-state index contributed by atoms with van der Waals surface area (Å²) in [5.74, 6) is -1.14. The van der Waals surface area contributed by atoms with Gasteiger partial charge in [-0.3, -0.25) is 4.79 Å². The molecule has 5 nitrogen and oxygen atoms in total. The number of halogens is 2. The predicted octanol–water partition coefficient (Wildman–Crippen LogP) is 5.70. The number of ether oxygens (including phenoxy) is 1. The molecule has 1 aromatic heterocycles. The Morgan fingerprint density at radius 1 is 1.15 bits per heavy atom. The van der Waals surface area contributed by atoms with Crippen LogP contribution in [0, 0.1) is 18.2 Å². The van der Waals surface area contributed by atoms with Crippen molar-refractivity contribution >= 4 is 22.9 Å². The van der Waals surface area contributed by atoms with Crippen LogP contribution in [0.5, 0.6) is 5.75 Å². The van der Waals surface area contributed by atoms with Gasteiger partial charge < -0.3 is 14.5 Å². The minimum atomic E-state index is -0.637. The number of likely N-dealkylation sites (N-methyl/N-ethyl adjacent to an activating group) is 1. The maximum atomic E-state index is 14.5. The van der Waals surface area contributed by atoms with Crippen molar-refractivity contribution in [2.75, 3.05) is 34.3 Å². The summed E-state index contributed by atoms with van der Waals surface area (Å²) < 4.78 is 33.9. The van der Waals surface area contributed by atoms with Gasteiger partial charge in [-0.1, -0.05) is 12.1 Å². The molecular weight excluding hydrogens is 444 g/mol. The number of benzene rings is 2. The van der Waals surface area contributed by atoms with Crippen molar-refractivity contribution in [3.63, 3.8) is 0 Å². The summed E-state index contributed by atoms with van der Waals surface area (Å²) in [6.07, 6.45) is 0.900. The number of rotatable bonds is 5. The molecule has 2 heterocycles. The van der Waals surface area contributed by atoms with Gasteiger partial charge in [-0.25, -0.2) is 13.6 Å². The van der Waals surface area contributed by atoms with Crippen LogP contribution in [0.3, 0.4) is 0 Å². The van der Waals surface area contributed by atoms with Crippen LogP contribution in [0.15, 0.2) is 42.5 Å². The fourth-order valence-electron chi connectivity index (χ4n) is 4.00. The first-order valence-electron chi connectivity index (χ1n) is 10.4.